The van der Waals surface area contributed by atoms with Gasteiger partial charge in [0.15, 0.2) is 0 Å². The maximum absolute atomic E-state index is 13.9. The summed E-state index contributed by atoms with van der Waals surface area (Å²) in [5, 5.41) is 11.5. The number of sulfonamides is 1. The standard InChI is InChI=1S/C25H29N3O5S/c1-16-6-8-20-17(12-16)13-18(25(30)26-20)15-28(21-4-3-5-23(21)29)34(31,32)19-7-9-22-24(14-19)33-11-10-27(22)2/h6-9,12-14,21,23,29H,3-5,10-11,15H2,1-2H3,(H,26,30)/t21-,23-/m1/s1. The summed E-state index contributed by atoms with van der Waals surface area (Å²) in [6.45, 7) is 3.04. The fourth-order valence-electron chi connectivity index (χ4n) is 4.93. The third-order valence-electron chi connectivity index (χ3n) is 6.85. The number of H-pyrrole nitrogens is 1. The molecule has 0 radical (unpaired) electrons. The fourth-order valence-corrected chi connectivity index (χ4v) is 6.61. The molecule has 0 bridgehead atoms. The first-order chi connectivity index (χ1) is 16.2. The highest BCUT2D eigenvalue weighted by molar-refractivity contribution is 7.89. The summed E-state index contributed by atoms with van der Waals surface area (Å²) in [5.74, 6) is 0.515. The summed E-state index contributed by atoms with van der Waals surface area (Å²) in [7, 11) is -2.09. The number of aromatic nitrogens is 1. The zero-order valence-electron chi connectivity index (χ0n) is 19.3. The van der Waals surface area contributed by atoms with Crippen LogP contribution in [0.15, 0.2) is 52.2 Å². The number of aryl methyl sites for hydroxylation is 1. The number of aliphatic hydroxyl groups excluding tert-OH is 1. The van der Waals surface area contributed by atoms with Crippen LogP contribution in [-0.2, 0) is 16.6 Å². The second-order valence-electron chi connectivity index (χ2n) is 9.23. The van der Waals surface area contributed by atoms with Gasteiger partial charge in [0.1, 0.15) is 12.4 Å². The van der Waals surface area contributed by atoms with Crippen LogP contribution in [0.2, 0.25) is 0 Å². The molecular weight excluding hydrogens is 454 g/mol. The minimum atomic E-state index is -4.02. The van der Waals surface area contributed by atoms with Crippen molar-refractivity contribution in [3.63, 3.8) is 0 Å². The molecule has 0 spiro atoms. The third kappa shape index (κ3) is 4.08. The Bertz CT molecular complexity index is 1400. The van der Waals surface area contributed by atoms with Gasteiger partial charge in [0.2, 0.25) is 10.0 Å². The number of hydrogen-bond donors (Lipinski definition) is 2. The average molecular weight is 484 g/mol. The molecule has 1 saturated carbocycles. The van der Waals surface area contributed by atoms with Gasteiger partial charge in [-0.25, -0.2) is 8.42 Å². The van der Waals surface area contributed by atoms with Gasteiger partial charge >= 0.3 is 0 Å². The highest BCUT2D eigenvalue weighted by Crippen LogP contribution is 2.36. The van der Waals surface area contributed by atoms with Crippen molar-refractivity contribution in [2.45, 2.75) is 49.8 Å². The van der Waals surface area contributed by atoms with E-state index in [1.54, 1.807) is 24.3 Å². The molecule has 5 rings (SSSR count). The van der Waals surface area contributed by atoms with E-state index in [0.717, 1.165) is 29.6 Å². The highest BCUT2D eigenvalue weighted by Gasteiger charge is 2.39. The zero-order chi connectivity index (χ0) is 24.0. The van der Waals surface area contributed by atoms with Crippen LogP contribution in [0.1, 0.15) is 30.4 Å². The summed E-state index contributed by atoms with van der Waals surface area (Å²) >= 11 is 0. The van der Waals surface area contributed by atoms with E-state index in [9.17, 15) is 18.3 Å². The lowest BCUT2D eigenvalue weighted by atomic mass is 10.1. The number of benzene rings is 2. The molecule has 2 N–H and O–H groups in total. The van der Waals surface area contributed by atoms with Gasteiger partial charge in [0.25, 0.3) is 5.56 Å². The van der Waals surface area contributed by atoms with E-state index in [4.69, 9.17) is 4.74 Å². The Balaban J connectivity index is 1.58. The molecule has 2 heterocycles. The molecule has 1 fully saturated rings. The average Bonchev–Trinajstić information content (AvgIpc) is 3.23. The smallest absolute Gasteiger partial charge is 0.252 e. The molecule has 1 aromatic heterocycles. The minimum Gasteiger partial charge on any atom is -0.490 e. The Morgan fingerprint density at radius 3 is 2.76 bits per heavy atom. The number of rotatable bonds is 5. The van der Waals surface area contributed by atoms with E-state index in [2.05, 4.69) is 4.98 Å². The van der Waals surface area contributed by atoms with Crippen LogP contribution in [0.4, 0.5) is 5.69 Å². The Kier molecular flexibility index (Phi) is 5.87. The monoisotopic (exact) mass is 483 g/mol. The summed E-state index contributed by atoms with van der Waals surface area (Å²) in [6.07, 6.45) is 1.01. The van der Waals surface area contributed by atoms with E-state index in [1.165, 1.54) is 4.31 Å². The maximum atomic E-state index is 13.9. The van der Waals surface area contributed by atoms with E-state index < -0.39 is 22.2 Å². The van der Waals surface area contributed by atoms with Crippen molar-refractivity contribution in [2.24, 2.45) is 0 Å². The quantitative estimate of drug-likeness (QED) is 0.579. The van der Waals surface area contributed by atoms with Gasteiger partial charge < -0.3 is 19.7 Å². The number of aromatic amines is 1. The Labute approximate surface area is 198 Å². The molecule has 180 valence electrons. The number of hydrogen-bond acceptors (Lipinski definition) is 6. The molecule has 34 heavy (non-hydrogen) atoms. The lowest BCUT2D eigenvalue weighted by Crippen LogP contribution is -2.44. The first kappa shape index (κ1) is 22.9. The van der Waals surface area contributed by atoms with Crippen LogP contribution in [-0.4, -0.2) is 55.2 Å². The molecule has 0 unspecified atom stereocenters. The van der Waals surface area contributed by atoms with Crippen LogP contribution in [0.25, 0.3) is 10.9 Å². The molecule has 2 aliphatic rings. The minimum absolute atomic E-state index is 0.0914. The summed E-state index contributed by atoms with van der Waals surface area (Å²) in [5.41, 5.74) is 2.58. The van der Waals surface area contributed by atoms with Gasteiger partial charge in [0.05, 0.1) is 29.3 Å². The number of aliphatic hydroxyl groups is 1. The van der Waals surface area contributed by atoms with Crippen LogP contribution in [0.5, 0.6) is 5.75 Å². The van der Waals surface area contributed by atoms with Crippen molar-refractivity contribution in [1.82, 2.24) is 9.29 Å². The third-order valence-corrected chi connectivity index (χ3v) is 8.72. The number of nitrogens with one attached hydrogen (secondary N) is 1. The molecule has 1 aliphatic carbocycles. The Morgan fingerprint density at radius 1 is 1.18 bits per heavy atom. The molecular formula is C25H29N3O5S. The van der Waals surface area contributed by atoms with Crippen molar-refractivity contribution in [2.75, 3.05) is 25.1 Å². The molecule has 9 heteroatoms. The van der Waals surface area contributed by atoms with E-state index in [1.807, 2.05) is 37.1 Å². The Morgan fingerprint density at radius 2 is 2.00 bits per heavy atom. The molecule has 8 nitrogen and oxygen atoms in total. The van der Waals surface area contributed by atoms with E-state index in [-0.39, 0.29) is 17.0 Å². The second kappa shape index (κ2) is 8.72. The predicted molar refractivity (Wildman–Crippen MR) is 131 cm³/mol. The zero-order valence-corrected chi connectivity index (χ0v) is 20.1. The van der Waals surface area contributed by atoms with Crippen LogP contribution in [0, 0.1) is 6.92 Å². The van der Waals surface area contributed by atoms with Gasteiger partial charge in [0, 0.05) is 30.7 Å². The van der Waals surface area contributed by atoms with Gasteiger partial charge in [-0.05, 0) is 61.9 Å². The molecule has 0 amide bonds. The van der Waals surface area contributed by atoms with Crippen molar-refractivity contribution >= 4 is 26.6 Å². The topological polar surface area (TPSA) is 103 Å². The number of fused-ring (bicyclic) bond motifs is 2. The lowest BCUT2D eigenvalue weighted by molar-refractivity contribution is 0.110. The second-order valence-corrected chi connectivity index (χ2v) is 11.1. The van der Waals surface area contributed by atoms with E-state index >= 15 is 0 Å². The van der Waals surface area contributed by atoms with Gasteiger partial charge in [-0.1, -0.05) is 11.6 Å². The van der Waals surface area contributed by atoms with Crippen molar-refractivity contribution in [3.8, 4) is 5.75 Å². The first-order valence-corrected chi connectivity index (χ1v) is 13.0. The lowest BCUT2D eigenvalue weighted by Gasteiger charge is -2.31. The van der Waals surface area contributed by atoms with Crippen molar-refractivity contribution in [1.29, 1.82) is 0 Å². The number of nitrogens with zero attached hydrogens (tertiary/aromatic N) is 2. The maximum Gasteiger partial charge on any atom is 0.252 e. The summed E-state index contributed by atoms with van der Waals surface area (Å²) in [6, 6.07) is 11.7. The SMILES string of the molecule is Cc1ccc2[nH]c(=O)c(CN([C@@H]3CCC[C@H]3O)S(=O)(=O)c3ccc4c(c3)OCCN4C)cc2c1. The number of anilines is 1. The first-order valence-electron chi connectivity index (χ1n) is 11.5. The normalized spacial score (nSPS) is 20.5. The Hall–Kier alpha value is -2.88. The number of pyridine rings is 1. The molecule has 1 aliphatic heterocycles. The van der Waals surface area contributed by atoms with Crippen molar-refractivity contribution in [3.05, 3.63) is 63.9 Å². The van der Waals surface area contributed by atoms with E-state index in [0.29, 0.717) is 36.3 Å². The number of likely N-dealkylation sites (N-methyl/N-ethyl adjacent to an activating group) is 1. The summed E-state index contributed by atoms with van der Waals surface area (Å²) < 4.78 is 34.8. The fraction of sp³-hybridized carbons (Fsp3) is 0.400. The van der Waals surface area contributed by atoms with Crippen LogP contribution < -0.4 is 15.2 Å². The molecule has 2 atom stereocenters. The highest BCUT2D eigenvalue weighted by atomic mass is 32.2. The molecule has 0 saturated heterocycles. The van der Waals surface area contributed by atoms with Gasteiger partial charge in [-0.15, -0.1) is 0 Å². The van der Waals surface area contributed by atoms with Crippen LogP contribution in [0.3, 0.4) is 0 Å². The molecule has 2 aromatic carbocycles. The summed E-state index contributed by atoms with van der Waals surface area (Å²) in [4.78, 5) is 17.9. The van der Waals surface area contributed by atoms with Gasteiger partial charge in [-0.3, -0.25) is 4.79 Å². The van der Waals surface area contributed by atoms with Crippen LogP contribution >= 0.6 is 0 Å². The predicted octanol–water partition coefficient (Wildman–Crippen LogP) is 2.77. The largest absolute Gasteiger partial charge is 0.490 e. The van der Waals surface area contributed by atoms with Gasteiger partial charge in [-0.2, -0.15) is 4.31 Å². The van der Waals surface area contributed by atoms with Crippen molar-refractivity contribution < 1.29 is 18.3 Å². The molecule has 3 aromatic rings. The number of ether oxygens (including phenoxy) is 1.